The highest BCUT2D eigenvalue weighted by Crippen LogP contribution is 2.34. The molecule has 82 valence electrons. The van der Waals surface area contributed by atoms with Gasteiger partial charge in [0.1, 0.15) is 0 Å². The molecule has 0 aliphatic carbocycles. The molecular weight excluding hydrogens is 264 g/mol. The lowest BCUT2D eigenvalue weighted by molar-refractivity contribution is -0.142. The van der Waals surface area contributed by atoms with Crippen molar-refractivity contribution in [2.24, 2.45) is 0 Å². The Morgan fingerprint density at radius 2 is 2.13 bits per heavy atom. The highest BCUT2D eigenvalue weighted by atomic mass is 79.9. The third kappa shape index (κ3) is 3.13. The van der Waals surface area contributed by atoms with Crippen LogP contribution in [-0.4, -0.2) is 26.8 Å². The summed E-state index contributed by atoms with van der Waals surface area (Å²) in [6.07, 6.45) is 0. The lowest BCUT2D eigenvalue weighted by Gasteiger charge is -2.10. The third-order valence-corrected chi connectivity index (χ3v) is 2.34. The average molecular weight is 275 g/mol. The van der Waals surface area contributed by atoms with Crippen LogP contribution in [-0.2, 0) is 9.53 Å². The van der Waals surface area contributed by atoms with E-state index in [1.807, 2.05) is 6.07 Å². The molecule has 0 atom stereocenters. The van der Waals surface area contributed by atoms with E-state index in [9.17, 15) is 4.79 Å². The molecule has 0 amide bonds. The number of rotatable bonds is 4. The van der Waals surface area contributed by atoms with Gasteiger partial charge < -0.3 is 14.2 Å². The van der Waals surface area contributed by atoms with Gasteiger partial charge in [-0.3, -0.25) is 0 Å². The van der Waals surface area contributed by atoms with E-state index in [1.54, 1.807) is 12.1 Å². The maximum absolute atomic E-state index is 10.9. The van der Waals surface area contributed by atoms with Gasteiger partial charge in [-0.1, -0.05) is 6.07 Å². The lowest BCUT2D eigenvalue weighted by Crippen LogP contribution is -2.13. The minimum atomic E-state index is -0.437. The number of halogens is 1. The van der Waals surface area contributed by atoms with Crippen molar-refractivity contribution < 1.29 is 19.0 Å². The van der Waals surface area contributed by atoms with Crippen LogP contribution in [0.2, 0.25) is 0 Å². The molecule has 0 spiro atoms. The van der Waals surface area contributed by atoms with Gasteiger partial charge in [-0.25, -0.2) is 4.79 Å². The fourth-order valence-corrected chi connectivity index (χ4v) is 1.44. The van der Waals surface area contributed by atoms with Crippen LogP contribution in [0.4, 0.5) is 0 Å². The third-order valence-electron chi connectivity index (χ3n) is 1.71. The second-order valence-electron chi connectivity index (χ2n) is 2.64. The summed E-state index contributed by atoms with van der Waals surface area (Å²) < 4.78 is 15.5. The van der Waals surface area contributed by atoms with Gasteiger partial charge >= 0.3 is 5.97 Å². The smallest absolute Gasteiger partial charge is 0.343 e. The Labute approximate surface area is 96.3 Å². The molecule has 0 N–H and O–H groups in total. The van der Waals surface area contributed by atoms with Crippen molar-refractivity contribution in [3.05, 3.63) is 22.7 Å². The first-order valence-electron chi connectivity index (χ1n) is 4.21. The van der Waals surface area contributed by atoms with Crippen LogP contribution in [0.5, 0.6) is 11.5 Å². The van der Waals surface area contributed by atoms with E-state index in [4.69, 9.17) is 9.47 Å². The Hall–Kier alpha value is -1.23. The molecule has 0 unspecified atom stereocenters. The molecule has 0 aliphatic rings. The zero-order valence-corrected chi connectivity index (χ0v) is 10.0. The summed E-state index contributed by atoms with van der Waals surface area (Å²) in [5.41, 5.74) is 0. The maximum atomic E-state index is 10.9. The predicted octanol–water partition coefficient (Wildman–Crippen LogP) is 2.01. The number of hydrogen-bond donors (Lipinski definition) is 0. The first kappa shape index (κ1) is 11.8. The van der Waals surface area contributed by atoms with Crippen molar-refractivity contribution in [1.29, 1.82) is 0 Å². The van der Waals surface area contributed by atoms with Gasteiger partial charge in [0.05, 0.1) is 18.7 Å². The highest BCUT2D eigenvalue weighted by Gasteiger charge is 2.10. The van der Waals surface area contributed by atoms with E-state index < -0.39 is 5.97 Å². The first-order valence-corrected chi connectivity index (χ1v) is 5.00. The molecule has 0 fully saturated rings. The second-order valence-corrected chi connectivity index (χ2v) is 3.49. The number of ether oxygens (including phenoxy) is 3. The molecule has 4 nitrogen and oxygen atoms in total. The number of hydrogen-bond acceptors (Lipinski definition) is 4. The first-order chi connectivity index (χ1) is 7.19. The number of methoxy groups -OCH3 is 2. The van der Waals surface area contributed by atoms with Crippen molar-refractivity contribution >= 4 is 21.9 Å². The fraction of sp³-hybridized carbons (Fsp3) is 0.300. The summed E-state index contributed by atoms with van der Waals surface area (Å²) in [7, 11) is 2.84. The predicted molar refractivity (Wildman–Crippen MR) is 58.2 cm³/mol. The summed E-state index contributed by atoms with van der Waals surface area (Å²) >= 11 is 3.30. The molecule has 0 aliphatic heterocycles. The number of carbonyl (C=O) groups is 1. The Bertz CT molecular complexity index is 351. The zero-order chi connectivity index (χ0) is 11.3. The molecule has 1 aromatic rings. The Morgan fingerprint density at radius 1 is 1.40 bits per heavy atom. The number of para-hydroxylation sites is 1. The normalized spacial score (nSPS) is 9.53. The van der Waals surface area contributed by atoms with Crippen LogP contribution in [0, 0.1) is 0 Å². The van der Waals surface area contributed by atoms with E-state index in [2.05, 4.69) is 20.7 Å². The number of carbonyl (C=O) groups excluding carboxylic acids is 1. The summed E-state index contributed by atoms with van der Waals surface area (Å²) in [6.45, 7) is -0.143. The Balaban J connectivity index is 2.78. The van der Waals surface area contributed by atoms with Crippen LogP contribution >= 0.6 is 15.9 Å². The molecule has 0 aromatic heterocycles. The van der Waals surface area contributed by atoms with Crippen LogP contribution in [0.1, 0.15) is 0 Å². The number of benzene rings is 1. The quantitative estimate of drug-likeness (QED) is 0.788. The molecule has 0 bridgehead atoms. The van der Waals surface area contributed by atoms with E-state index in [1.165, 1.54) is 14.2 Å². The summed E-state index contributed by atoms with van der Waals surface area (Å²) in [5, 5.41) is 0. The Kier molecular flexibility index (Phi) is 4.42. The van der Waals surface area contributed by atoms with Crippen molar-refractivity contribution in [3.8, 4) is 11.5 Å². The van der Waals surface area contributed by atoms with Crippen LogP contribution in [0.3, 0.4) is 0 Å². The van der Waals surface area contributed by atoms with Crippen LogP contribution in [0.15, 0.2) is 22.7 Å². The molecule has 5 heteroatoms. The summed E-state index contributed by atoms with van der Waals surface area (Å²) in [5.74, 6) is 0.617. The molecule has 15 heavy (non-hydrogen) atoms. The molecule has 0 heterocycles. The molecule has 0 saturated carbocycles. The van der Waals surface area contributed by atoms with E-state index in [-0.39, 0.29) is 6.61 Å². The van der Waals surface area contributed by atoms with E-state index in [0.717, 1.165) is 4.47 Å². The number of esters is 1. The maximum Gasteiger partial charge on any atom is 0.343 e. The van der Waals surface area contributed by atoms with E-state index >= 15 is 0 Å². The molecule has 0 radical (unpaired) electrons. The van der Waals surface area contributed by atoms with Crippen LogP contribution < -0.4 is 9.47 Å². The molecule has 1 rings (SSSR count). The SMILES string of the molecule is COC(=O)COc1c(Br)cccc1OC. The minimum absolute atomic E-state index is 0.143. The standard InChI is InChI=1S/C10H11BrO4/c1-13-8-5-3-4-7(11)10(8)15-6-9(12)14-2/h3-5H,6H2,1-2H3. The van der Waals surface area contributed by atoms with Gasteiger partial charge in [-0.15, -0.1) is 0 Å². The van der Waals surface area contributed by atoms with Gasteiger partial charge in [0.15, 0.2) is 18.1 Å². The minimum Gasteiger partial charge on any atom is -0.493 e. The molecule has 0 saturated heterocycles. The van der Waals surface area contributed by atoms with Crippen LogP contribution in [0.25, 0.3) is 0 Å². The molecule has 1 aromatic carbocycles. The fourth-order valence-electron chi connectivity index (χ4n) is 0.980. The van der Waals surface area contributed by atoms with Gasteiger partial charge in [-0.05, 0) is 28.1 Å². The van der Waals surface area contributed by atoms with Crippen molar-refractivity contribution in [3.63, 3.8) is 0 Å². The van der Waals surface area contributed by atoms with Crippen molar-refractivity contribution in [2.75, 3.05) is 20.8 Å². The topological polar surface area (TPSA) is 44.8 Å². The summed E-state index contributed by atoms with van der Waals surface area (Å²) in [4.78, 5) is 10.9. The monoisotopic (exact) mass is 274 g/mol. The largest absolute Gasteiger partial charge is 0.493 e. The van der Waals surface area contributed by atoms with Crippen molar-refractivity contribution in [2.45, 2.75) is 0 Å². The average Bonchev–Trinajstić information content (AvgIpc) is 2.26. The molecular formula is C10H11BrO4. The van der Waals surface area contributed by atoms with Gasteiger partial charge in [0.25, 0.3) is 0 Å². The Morgan fingerprint density at radius 3 is 2.73 bits per heavy atom. The van der Waals surface area contributed by atoms with Gasteiger partial charge in [0, 0.05) is 0 Å². The summed E-state index contributed by atoms with van der Waals surface area (Å²) in [6, 6.07) is 5.36. The zero-order valence-electron chi connectivity index (χ0n) is 8.45. The van der Waals surface area contributed by atoms with Gasteiger partial charge in [-0.2, -0.15) is 0 Å². The highest BCUT2D eigenvalue weighted by molar-refractivity contribution is 9.10. The second kappa shape index (κ2) is 5.60. The van der Waals surface area contributed by atoms with E-state index in [0.29, 0.717) is 11.5 Å². The van der Waals surface area contributed by atoms with Gasteiger partial charge in [0.2, 0.25) is 0 Å². The van der Waals surface area contributed by atoms with Crippen molar-refractivity contribution in [1.82, 2.24) is 0 Å². The lowest BCUT2D eigenvalue weighted by atomic mass is 10.3.